The highest BCUT2D eigenvalue weighted by atomic mass is 32.2. The third kappa shape index (κ3) is 5.22. The van der Waals surface area contributed by atoms with Gasteiger partial charge in [0.05, 0.1) is 6.20 Å². The first-order valence-electron chi connectivity index (χ1n) is 8.08. The highest BCUT2D eigenvalue weighted by Crippen LogP contribution is 2.37. The van der Waals surface area contributed by atoms with Crippen LogP contribution in [0.1, 0.15) is 39.2 Å². The number of nitrogens with one attached hydrogen (secondary N) is 1. The predicted octanol–water partition coefficient (Wildman–Crippen LogP) is 3.35. The van der Waals surface area contributed by atoms with Crippen molar-refractivity contribution in [3.63, 3.8) is 0 Å². The minimum absolute atomic E-state index is 0.623. The van der Waals surface area contributed by atoms with Crippen molar-refractivity contribution in [3.8, 4) is 0 Å². The van der Waals surface area contributed by atoms with Gasteiger partial charge in [0.2, 0.25) is 0 Å². The number of thioether (sulfide) groups is 2. The molecule has 0 amide bonds. The fourth-order valence-corrected chi connectivity index (χ4v) is 5.86. The van der Waals surface area contributed by atoms with E-state index in [-0.39, 0.29) is 0 Å². The maximum atomic E-state index is 4.28. The Morgan fingerprint density at radius 3 is 2.86 bits per heavy atom. The molecule has 1 aromatic heterocycles. The van der Waals surface area contributed by atoms with Crippen LogP contribution in [0.25, 0.3) is 0 Å². The molecule has 1 aromatic rings. The minimum atomic E-state index is 0.623. The summed E-state index contributed by atoms with van der Waals surface area (Å²) in [7, 11) is 1.99. The molecule has 2 heterocycles. The van der Waals surface area contributed by atoms with Gasteiger partial charge in [-0.05, 0) is 31.4 Å². The highest BCUT2D eigenvalue weighted by molar-refractivity contribution is 8.07. The molecular formula is C16H29N3S2. The van der Waals surface area contributed by atoms with Crippen LogP contribution in [0.15, 0.2) is 12.4 Å². The van der Waals surface area contributed by atoms with E-state index in [0.717, 1.165) is 28.7 Å². The average molecular weight is 328 g/mol. The zero-order chi connectivity index (χ0) is 15.2. The molecule has 4 atom stereocenters. The summed E-state index contributed by atoms with van der Waals surface area (Å²) in [4.78, 5) is 0. The fourth-order valence-electron chi connectivity index (χ4n) is 2.69. The molecule has 0 aliphatic carbocycles. The molecular weight excluding hydrogens is 298 g/mol. The molecule has 21 heavy (non-hydrogen) atoms. The van der Waals surface area contributed by atoms with Gasteiger partial charge in [-0.1, -0.05) is 20.8 Å². The third-order valence-electron chi connectivity index (χ3n) is 4.18. The molecule has 1 aliphatic rings. The van der Waals surface area contributed by atoms with Crippen molar-refractivity contribution in [1.82, 2.24) is 15.1 Å². The maximum Gasteiger partial charge on any atom is 0.0521 e. The molecule has 0 spiro atoms. The van der Waals surface area contributed by atoms with Crippen LogP contribution in [0.3, 0.4) is 0 Å². The average Bonchev–Trinajstić information content (AvgIpc) is 2.88. The Kier molecular flexibility index (Phi) is 6.96. The Hall–Kier alpha value is -0.130. The molecule has 1 fully saturated rings. The topological polar surface area (TPSA) is 29.9 Å². The zero-order valence-electron chi connectivity index (χ0n) is 13.7. The van der Waals surface area contributed by atoms with Crippen LogP contribution >= 0.6 is 23.5 Å². The summed E-state index contributed by atoms with van der Waals surface area (Å²) < 4.78 is 1.90. The normalized spacial score (nSPS) is 27.7. The largest absolute Gasteiger partial charge is 0.313 e. The lowest BCUT2D eigenvalue weighted by molar-refractivity contribution is 0.477. The Balaban J connectivity index is 1.90. The Morgan fingerprint density at radius 2 is 2.24 bits per heavy atom. The molecule has 3 nitrogen and oxygen atoms in total. The van der Waals surface area contributed by atoms with Gasteiger partial charge in [-0.2, -0.15) is 28.6 Å². The van der Waals surface area contributed by atoms with Crippen LogP contribution in [0.4, 0.5) is 0 Å². The van der Waals surface area contributed by atoms with Gasteiger partial charge in [-0.15, -0.1) is 0 Å². The van der Waals surface area contributed by atoms with E-state index in [1.165, 1.54) is 24.2 Å². The maximum absolute atomic E-state index is 4.28. The smallest absolute Gasteiger partial charge is 0.0521 e. The van der Waals surface area contributed by atoms with Crippen LogP contribution in [0.5, 0.6) is 0 Å². The lowest BCUT2D eigenvalue weighted by Crippen LogP contribution is -2.43. The van der Waals surface area contributed by atoms with E-state index in [1.54, 1.807) is 0 Å². The van der Waals surface area contributed by atoms with Crippen LogP contribution in [0, 0.1) is 0 Å². The van der Waals surface area contributed by atoms with Gasteiger partial charge in [-0.3, -0.25) is 4.68 Å². The number of hydrogen-bond donors (Lipinski definition) is 1. The SMILES string of the molecule is CCCNC(CCc1cnn(C)c1)C1CSC(C)C(C)S1. The molecule has 5 heteroatoms. The molecule has 1 N–H and O–H groups in total. The van der Waals surface area contributed by atoms with Crippen molar-refractivity contribution in [1.29, 1.82) is 0 Å². The van der Waals surface area contributed by atoms with E-state index in [4.69, 9.17) is 0 Å². The van der Waals surface area contributed by atoms with E-state index in [0.29, 0.717) is 6.04 Å². The minimum Gasteiger partial charge on any atom is -0.313 e. The van der Waals surface area contributed by atoms with Gasteiger partial charge in [0, 0.05) is 40.8 Å². The van der Waals surface area contributed by atoms with Crippen molar-refractivity contribution >= 4 is 23.5 Å². The van der Waals surface area contributed by atoms with Crippen LogP contribution in [0.2, 0.25) is 0 Å². The zero-order valence-corrected chi connectivity index (χ0v) is 15.3. The highest BCUT2D eigenvalue weighted by Gasteiger charge is 2.30. The second kappa shape index (κ2) is 8.49. The molecule has 0 radical (unpaired) electrons. The van der Waals surface area contributed by atoms with Crippen LogP contribution < -0.4 is 5.32 Å². The van der Waals surface area contributed by atoms with Gasteiger partial charge in [-0.25, -0.2) is 0 Å². The molecule has 0 saturated carbocycles. The summed E-state index contributed by atoms with van der Waals surface area (Å²) in [5.74, 6) is 1.28. The van der Waals surface area contributed by atoms with Crippen molar-refractivity contribution in [2.45, 2.75) is 61.8 Å². The number of nitrogens with zero attached hydrogens (tertiary/aromatic N) is 2. The lowest BCUT2D eigenvalue weighted by atomic mass is 10.1. The fraction of sp³-hybridized carbons (Fsp3) is 0.812. The molecule has 2 rings (SSSR count). The van der Waals surface area contributed by atoms with E-state index in [9.17, 15) is 0 Å². The van der Waals surface area contributed by atoms with Crippen LogP contribution in [-0.2, 0) is 13.5 Å². The van der Waals surface area contributed by atoms with Gasteiger partial charge < -0.3 is 5.32 Å². The van der Waals surface area contributed by atoms with Gasteiger partial charge in [0.15, 0.2) is 0 Å². The molecule has 1 aliphatic heterocycles. The van der Waals surface area contributed by atoms with Crippen molar-refractivity contribution in [3.05, 3.63) is 18.0 Å². The summed E-state index contributed by atoms with van der Waals surface area (Å²) in [6, 6.07) is 0.623. The molecule has 4 unspecified atom stereocenters. The Bertz CT molecular complexity index is 421. The predicted molar refractivity (Wildman–Crippen MR) is 96.4 cm³/mol. The second-order valence-electron chi connectivity index (χ2n) is 6.04. The number of aromatic nitrogens is 2. The summed E-state index contributed by atoms with van der Waals surface area (Å²) in [5.41, 5.74) is 1.36. The first kappa shape index (κ1) is 17.2. The lowest BCUT2D eigenvalue weighted by Gasteiger charge is -2.36. The van der Waals surface area contributed by atoms with E-state index >= 15 is 0 Å². The van der Waals surface area contributed by atoms with E-state index in [1.807, 2.05) is 17.9 Å². The monoisotopic (exact) mass is 327 g/mol. The van der Waals surface area contributed by atoms with Gasteiger partial charge >= 0.3 is 0 Å². The van der Waals surface area contributed by atoms with Crippen molar-refractivity contribution in [2.24, 2.45) is 7.05 Å². The van der Waals surface area contributed by atoms with E-state index in [2.05, 4.69) is 60.9 Å². The van der Waals surface area contributed by atoms with Crippen molar-refractivity contribution < 1.29 is 0 Å². The standard InChI is InChI=1S/C16H29N3S2/c1-5-8-17-15(7-6-14-9-18-19(4)10-14)16-11-20-12(2)13(3)21-16/h9-10,12-13,15-17H,5-8,11H2,1-4H3. The number of hydrogen-bond acceptors (Lipinski definition) is 4. The quantitative estimate of drug-likeness (QED) is 0.832. The van der Waals surface area contributed by atoms with Gasteiger partial charge in [0.1, 0.15) is 0 Å². The number of rotatable bonds is 7. The summed E-state index contributed by atoms with van der Waals surface area (Å²) in [6.45, 7) is 8.12. The Morgan fingerprint density at radius 1 is 1.43 bits per heavy atom. The van der Waals surface area contributed by atoms with Gasteiger partial charge in [0.25, 0.3) is 0 Å². The van der Waals surface area contributed by atoms with E-state index < -0.39 is 0 Å². The first-order chi connectivity index (χ1) is 10.1. The number of aryl methyl sites for hydroxylation is 2. The second-order valence-corrected chi connectivity index (χ2v) is 9.07. The summed E-state index contributed by atoms with van der Waals surface area (Å²) >= 11 is 4.33. The Labute approximate surface area is 138 Å². The van der Waals surface area contributed by atoms with Crippen molar-refractivity contribution in [2.75, 3.05) is 12.3 Å². The summed E-state index contributed by atoms with van der Waals surface area (Å²) in [6.07, 6.45) is 7.69. The molecule has 0 aromatic carbocycles. The third-order valence-corrected chi connectivity index (χ3v) is 7.73. The summed E-state index contributed by atoms with van der Waals surface area (Å²) in [5, 5.41) is 10.4. The molecule has 0 bridgehead atoms. The molecule has 1 saturated heterocycles. The molecule has 120 valence electrons. The van der Waals surface area contributed by atoms with Crippen LogP contribution in [-0.4, -0.2) is 43.9 Å². The first-order valence-corrected chi connectivity index (χ1v) is 10.1.